The van der Waals surface area contributed by atoms with E-state index in [2.05, 4.69) is 29.0 Å². The lowest BCUT2D eigenvalue weighted by Gasteiger charge is -2.35. The maximum absolute atomic E-state index is 13.4. The molecular weight excluding hydrogens is 446 g/mol. The smallest absolute Gasteiger partial charge is 0.243 e. The number of aromatic nitrogens is 2. The zero-order valence-corrected chi connectivity index (χ0v) is 21.4. The van der Waals surface area contributed by atoms with Crippen LogP contribution in [0.5, 0.6) is 0 Å². The monoisotopic (exact) mass is 479 g/mol. The van der Waals surface area contributed by atoms with Crippen molar-refractivity contribution in [3.63, 3.8) is 0 Å². The summed E-state index contributed by atoms with van der Waals surface area (Å²) in [4.78, 5) is 11.8. The number of nitrogens with one attached hydrogen (secondary N) is 1. The van der Waals surface area contributed by atoms with E-state index in [0.29, 0.717) is 37.0 Å². The van der Waals surface area contributed by atoms with Gasteiger partial charge in [0.2, 0.25) is 16.0 Å². The molecule has 4 rings (SSSR count). The Morgan fingerprint density at radius 3 is 2.21 bits per heavy atom. The number of anilines is 3. The Bertz CT molecular complexity index is 1260. The van der Waals surface area contributed by atoms with Crippen molar-refractivity contribution >= 4 is 27.5 Å². The number of nitrogens with zero attached hydrogens (tertiary/aromatic N) is 4. The largest absolute Gasteiger partial charge is 0.354 e. The number of rotatable bonds is 6. The number of hydrogen-bond acceptors (Lipinski definition) is 6. The van der Waals surface area contributed by atoms with Gasteiger partial charge < -0.3 is 10.2 Å². The van der Waals surface area contributed by atoms with Gasteiger partial charge in [0.25, 0.3) is 0 Å². The van der Waals surface area contributed by atoms with E-state index in [-0.39, 0.29) is 5.92 Å². The fourth-order valence-corrected chi connectivity index (χ4v) is 5.77. The lowest BCUT2D eigenvalue weighted by atomic mass is 10.0. The summed E-state index contributed by atoms with van der Waals surface area (Å²) in [5.41, 5.74) is 4.79. The zero-order valence-electron chi connectivity index (χ0n) is 20.5. The van der Waals surface area contributed by atoms with Crippen LogP contribution in [0.3, 0.4) is 0 Å². The van der Waals surface area contributed by atoms with Gasteiger partial charge in [-0.3, -0.25) is 0 Å². The Labute approximate surface area is 202 Å². The molecule has 3 aromatic rings. The van der Waals surface area contributed by atoms with E-state index in [1.807, 2.05) is 69.3 Å². The quantitative estimate of drug-likeness (QED) is 0.548. The fraction of sp³-hybridized carbons (Fsp3) is 0.385. The van der Waals surface area contributed by atoms with Crippen molar-refractivity contribution < 1.29 is 8.42 Å². The molecule has 1 fully saturated rings. The highest BCUT2D eigenvalue weighted by Gasteiger charge is 2.30. The van der Waals surface area contributed by atoms with E-state index < -0.39 is 10.0 Å². The molecule has 34 heavy (non-hydrogen) atoms. The lowest BCUT2D eigenvalue weighted by Crippen LogP contribution is -2.49. The van der Waals surface area contributed by atoms with Crippen LogP contribution >= 0.6 is 0 Å². The zero-order chi connectivity index (χ0) is 24.5. The van der Waals surface area contributed by atoms with E-state index in [0.717, 1.165) is 28.3 Å². The molecule has 0 aliphatic carbocycles. The van der Waals surface area contributed by atoms with Crippen LogP contribution in [0.15, 0.2) is 53.4 Å². The maximum atomic E-state index is 13.4. The Kier molecular flexibility index (Phi) is 6.91. The molecule has 0 atom stereocenters. The van der Waals surface area contributed by atoms with Gasteiger partial charge in [0.05, 0.1) is 4.90 Å². The topological polar surface area (TPSA) is 78.4 Å². The van der Waals surface area contributed by atoms with Gasteiger partial charge in [-0.15, -0.1) is 0 Å². The molecule has 0 amide bonds. The van der Waals surface area contributed by atoms with Crippen molar-refractivity contribution in [3.8, 4) is 0 Å². The van der Waals surface area contributed by atoms with E-state index in [1.54, 1.807) is 4.31 Å². The van der Waals surface area contributed by atoms with E-state index in [1.165, 1.54) is 5.56 Å². The highest BCUT2D eigenvalue weighted by molar-refractivity contribution is 7.89. The van der Waals surface area contributed by atoms with Gasteiger partial charge >= 0.3 is 0 Å². The van der Waals surface area contributed by atoms with Crippen molar-refractivity contribution in [2.75, 3.05) is 36.4 Å². The molecule has 0 radical (unpaired) electrons. The number of aryl methyl sites for hydroxylation is 3. The molecule has 2 heterocycles. The molecule has 0 bridgehead atoms. The Morgan fingerprint density at radius 1 is 0.882 bits per heavy atom. The average Bonchev–Trinajstić information content (AvgIpc) is 2.80. The summed E-state index contributed by atoms with van der Waals surface area (Å²) < 4.78 is 28.5. The molecule has 8 heteroatoms. The molecular formula is C26H33N5O2S. The molecule has 7 nitrogen and oxygen atoms in total. The fourth-order valence-electron chi connectivity index (χ4n) is 4.09. The SMILES string of the molecule is Cc1ccc(Nc2nc(C)cc(N3CCN(S(=O)(=O)c4cc(C(C)C)ccc4C)CC3)n2)cc1. The van der Waals surface area contributed by atoms with Crippen molar-refractivity contribution in [2.24, 2.45) is 0 Å². The van der Waals surface area contributed by atoms with Gasteiger partial charge in [0, 0.05) is 43.6 Å². The minimum atomic E-state index is -3.55. The Hall–Kier alpha value is -2.97. The molecule has 1 aromatic heterocycles. The summed E-state index contributed by atoms with van der Waals surface area (Å²) in [5.74, 6) is 1.61. The van der Waals surface area contributed by atoms with Crippen LogP contribution in [0.1, 0.15) is 42.1 Å². The summed E-state index contributed by atoms with van der Waals surface area (Å²) in [5, 5.41) is 3.27. The van der Waals surface area contributed by atoms with Crippen LogP contribution in [0.25, 0.3) is 0 Å². The van der Waals surface area contributed by atoms with Crippen LogP contribution in [-0.2, 0) is 10.0 Å². The summed E-state index contributed by atoms with van der Waals surface area (Å²) in [6.45, 7) is 12.0. The first-order chi connectivity index (χ1) is 16.1. The van der Waals surface area contributed by atoms with Gasteiger partial charge in [0.15, 0.2) is 0 Å². The van der Waals surface area contributed by atoms with Crippen molar-refractivity contribution in [1.82, 2.24) is 14.3 Å². The molecule has 1 aliphatic rings. The molecule has 2 aromatic carbocycles. The molecule has 180 valence electrons. The first-order valence-corrected chi connectivity index (χ1v) is 13.1. The minimum absolute atomic E-state index is 0.273. The lowest BCUT2D eigenvalue weighted by molar-refractivity contribution is 0.383. The second-order valence-electron chi connectivity index (χ2n) is 9.25. The standard InChI is InChI=1S/C26H33N5O2S/c1-18(2)22-9-8-20(4)24(17-22)34(32,33)31-14-12-30(13-15-31)25-16-21(5)27-26(29-25)28-23-10-6-19(3)7-11-23/h6-11,16-18H,12-15H2,1-5H3,(H,27,28,29). The van der Waals surface area contributed by atoms with Gasteiger partial charge in [-0.1, -0.05) is 43.7 Å². The number of piperazine rings is 1. The van der Waals surface area contributed by atoms with Crippen LogP contribution in [-0.4, -0.2) is 48.9 Å². The van der Waals surface area contributed by atoms with E-state index in [9.17, 15) is 8.42 Å². The molecule has 1 aliphatic heterocycles. The Morgan fingerprint density at radius 2 is 1.56 bits per heavy atom. The molecule has 0 spiro atoms. The van der Waals surface area contributed by atoms with Crippen LogP contribution in [0.4, 0.5) is 17.5 Å². The summed E-state index contributed by atoms with van der Waals surface area (Å²) in [6.07, 6.45) is 0. The normalized spacial score (nSPS) is 15.1. The van der Waals surface area contributed by atoms with Crippen LogP contribution in [0.2, 0.25) is 0 Å². The van der Waals surface area contributed by atoms with Gasteiger partial charge in [-0.25, -0.2) is 13.4 Å². The summed E-state index contributed by atoms with van der Waals surface area (Å²) >= 11 is 0. The second-order valence-corrected chi connectivity index (χ2v) is 11.2. The highest BCUT2D eigenvalue weighted by atomic mass is 32.2. The third kappa shape index (κ3) is 5.23. The minimum Gasteiger partial charge on any atom is -0.354 e. The maximum Gasteiger partial charge on any atom is 0.243 e. The second kappa shape index (κ2) is 9.72. The van der Waals surface area contributed by atoms with Crippen molar-refractivity contribution in [2.45, 2.75) is 45.4 Å². The summed E-state index contributed by atoms with van der Waals surface area (Å²) in [7, 11) is -3.55. The molecule has 1 N–H and O–H groups in total. The van der Waals surface area contributed by atoms with Crippen LogP contribution in [0, 0.1) is 20.8 Å². The molecule has 0 saturated carbocycles. The highest BCUT2D eigenvalue weighted by Crippen LogP contribution is 2.27. The number of hydrogen-bond donors (Lipinski definition) is 1. The third-order valence-corrected chi connectivity index (χ3v) is 8.25. The van der Waals surface area contributed by atoms with Gasteiger partial charge in [0.1, 0.15) is 5.82 Å². The van der Waals surface area contributed by atoms with Gasteiger partial charge in [-0.05, 0) is 56.0 Å². The van der Waals surface area contributed by atoms with E-state index >= 15 is 0 Å². The first-order valence-electron chi connectivity index (χ1n) is 11.7. The Balaban J connectivity index is 1.49. The predicted molar refractivity (Wildman–Crippen MR) is 137 cm³/mol. The molecule has 1 saturated heterocycles. The van der Waals surface area contributed by atoms with Crippen LogP contribution < -0.4 is 10.2 Å². The molecule has 0 unspecified atom stereocenters. The number of sulfonamides is 1. The average molecular weight is 480 g/mol. The number of benzene rings is 2. The first kappa shape index (κ1) is 24.2. The van der Waals surface area contributed by atoms with Crippen molar-refractivity contribution in [1.29, 1.82) is 0 Å². The third-order valence-electron chi connectivity index (χ3n) is 6.21. The van der Waals surface area contributed by atoms with E-state index in [4.69, 9.17) is 4.98 Å². The summed E-state index contributed by atoms with van der Waals surface area (Å²) in [6, 6.07) is 15.8. The van der Waals surface area contributed by atoms with Crippen molar-refractivity contribution in [3.05, 3.63) is 70.9 Å². The predicted octanol–water partition coefficient (Wildman–Crippen LogP) is 4.78. The van der Waals surface area contributed by atoms with Gasteiger partial charge in [-0.2, -0.15) is 9.29 Å².